The standard InChI is InChI=1S/C17H27NO/c1-3-14-7-9-16(10-8-14)13(2)18-12-15-5-4-6-17(19)11-15/h7-10,13,15,17-19H,3-6,11-12H2,1-2H3. The first-order chi connectivity index (χ1) is 9.19. The van der Waals surface area contributed by atoms with Crippen molar-refractivity contribution in [3.8, 4) is 0 Å². The summed E-state index contributed by atoms with van der Waals surface area (Å²) in [4.78, 5) is 0. The van der Waals surface area contributed by atoms with Crippen molar-refractivity contribution in [3.05, 3.63) is 35.4 Å². The minimum atomic E-state index is -0.0697. The molecule has 0 radical (unpaired) electrons. The molecule has 1 aromatic rings. The van der Waals surface area contributed by atoms with Crippen LogP contribution in [0.1, 0.15) is 56.7 Å². The summed E-state index contributed by atoms with van der Waals surface area (Å²) < 4.78 is 0. The maximum Gasteiger partial charge on any atom is 0.0543 e. The van der Waals surface area contributed by atoms with Crippen molar-refractivity contribution in [2.24, 2.45) is 5.92 Å². The van der Waals surface area contributed by atoms with E-state index in [0.717, 1.165) is 25.8 Å². The molecule has 3 atom stereocenters. The van der Waals surface area contributed by atoms with Crippen molar-refractivity contribution in [2.75, 3.05) is 6.54 Å². The Bertz CT molecular complexity index is 373. The highest BCUT2D eigenvalue weighted by molar-refractivity contribution is 5.24. The van der Waals surface area contributed by atoms with E-state index in [0.29, 0.717) is 12.0 Å². The number of aliphatic hydroxyl groups excluding tert-OH is 1. The van der Waals surface area contributed by atoms with Gasteiger partial charge in [-0.3, -0.25) is 0 Å². The number of nitrogens with one attached hydrogen (secondary N) is 1. The molecule has 106 valence electrons. The molecule has 1 aliphatic carbocycles. The normalized spacial score (nSPS) is 25.2. The molecule has 0 aromatic heterocycles. The number of aliphatic hydroxyl groups is 1. The van der Waals surface area contributed by atoms with E-state index in [1.165, 1.54) is 24.0 Å². The molecule has 2 heteroatoms. The molecule has 1 aromatic carbocycles. The molecule has 2 rings (SSSR count). The first-order valence-corrected chi connectivity index (χ1v) is 7.69. The van der Waals surface area contributed by atoms with Gasteiger partial charge in [0.05, 0.1) is 6.10 Å². The van der Waals surface area contributed by atoms with Crippen LogP contribution >= 0.6 is 0 Å². The van der Waals surface area contributed by atoms with Crippen LogP contribution in [0.4, 0.5) is 0 Å². The Hall–Kier alpha value is -0.860. The van der Waals surface area contributed by atoms with Crippen LogP contribution in [0.2, 0.25) is 0 Å². The second kappa shape index (κ2) is 7.06. The zero-order valence-corrected chi connectivity index (χ0v) is 12.2. The quantitative estimate of drug-likeness (QED) is 0.851. The van der Waals surface area contributed by atoms with E-state index in [1.807, 2.05) is 0 Å². The molecule has 3 unspecified atom stereocenters. The fraction of sp³-hybridized carbons (Fsp3) is 0.647. The lowest BCUT2D eigenvalue weighted by Crippen LogP contribution is -2.30. The van der Waals surface area contributed by atoms with Crippen LogP contribution in [-0.2, 0) is 6.42 Å². The Morgan fingerprint density at radius 1 is 1.26 bits per heavy atom. The van der Waals surface area contributed by atoms with Gasteiger partial charge in [-0.1, -0.05) is 37.6 Å². The van der Waals surface area contributed by atoms with Crippen LogP contribution in [0.3, 0.4) is 0 Å². The monoisotopic (exact) mass is 261 g/mol. The number of benzene rings is 1. The Morgan fingerprint density at radius 2 is 2.00 bits per heavy atom. The van der Waals surface area contributed by atoms with Gasteiger partial charge < -0.3 is 10.4 Å². The average Bonchev–Trinajstić information content (AvgIpc) is 2.45. The summed E-state index contributed by atoms with van der Waals surface area (Å²) in [5.41, 5.74) is 2.75. The topological polar surface area (TPSA) is 32.3 Å². The molecular weight excluding hydrogens is 234 g/mol. The first kappa shape index (κ1) is 14.5. The van der Waals surface area contributed by atoms with Crippen molar-refractivity contribution >= 4 is 0 Å². The van der Waals surface area contributed by atoms with Crippen molar-refractivity contribution in [1.29, 1.82) is 0 Å². The lowest BCUT2D eigenvalue weighted by Gasteiger charge is -2.27. The van der Waals surface area contributed by atoms with Crippen LogP contribution in [-0.4, -0.2) is 17.8 Å². The number of hydrogen-bond donors (Lipinski definition) is 2. The fourth-order valence-electron chi connectivity index (χ4n) is 2.95. The average molecular weight is 261 g/mol. The van der Waals surface area contributed by atoms with Gasteiger partial charge in [-0.2, -0.15) is 0 Å². The molecule has 0 aliphatic heterocycles. The van der Waals surface area contributed by atoms with Crippen molar-refractivity contribution in [2.45, 2.75) is 58.1 Å². The third kappa shape index (κ3) is 4.32. The summed E-state index contributed by atoms with van der Waals surface area (Å²) in [6, 6.07) is 9.29. The van der Waals surface area contributed by atoms with Gasteiger partial charge in [-0.05, 0) is 56.2 Å². The van der Waals surface area contributed by atoms with E-state index in [-0.39, 0.29) is 6.10 Å². The third-order valence-electron chi connectivity index (χ3n) is 4.36. The highest BCUT2D eigenvalue weighted by atomic mass is 16.3. The van der Waals surface area contributed by atoms with Gasteiger partial charge in [-0.15, -0.1) is 0 Å². The van der Waals surface area contributed by atoms with E-state index < -0.39 is 0 Å². The SMILES string of the molecule is CCc1ccc(C(C)NCC2CCCC(O)C2)cc1. The van der Waals surface area contributed by atoms with E-state index >= 15 is 0 Å². The zero-order valence-electron chi connectivity index (χ0n) is 12.2. The number of aryl methyl sites for hydroxylation is 1. The summed E-state index contributed by atoms with van der Waals surface area (Å²) in [6.45, 7) is 5.43. The van der Waals surface area contributed by atoms with Gasteiger partial charge in [0, 0.05) is 6.04 Å². The van der Waals surface area contributed by atoms with Gasteiger partial charge in [0.1, 0.15) is 0 Å². The van der Waals surface area contributed by atoms with Crippen LogP contribution < -0.4 is 5.32 Å². The van der Waals surface area contributed by atoms with Gasteiger partial charge in [-0.25, -0.2) is 0 Å². The smallest absolute Gasteiger partial charge is 0.0543 e. The third-order valence-corrected chi connectivity index (χ3v) is 4.36. The molecule has 1 saturated carbocycles. The highest BCUT2D eigenvalue weighted by Gasteiger charge is 2.20. The lowest BCUT2D eigenvalue weighted by molar-refractivity contribution is 0.0998. The zero-order chi connectivity index (χ0) is 13.7. The highest BCUT2D eigenvalue weighted by Crippen LogP contribution is 2.24. The fourth-order valence-corrected chi connectivity index (χ4v) is 2.95. The van der Waals surface area contributed by atoms with E-state index in [2.05, 4.69) is 43.4 Å². The summed E-state index contributed by atoms with van der Waals surface area (Å²) in [6.07, 6.45) is 5.42. The molecule has 1 fully saturated rings. The molecule has 2 nitrogen and oxygen atoms in total. The van der Waals surface area contributed by atoms with Crippen LogP contribution in [0.25, 0.3) is 0 Å². The largest absolute Gasteiger partial charge is 0.393 e. The molecule has 2 N–H and O–H groups in total. The molecule has 0 spiro atoms. The predicted octanol–water partition coefficient (Wildman–Crippen LogP) is 3.45. The van der Waals surface area contributed by atoms with Crippen LogP contribution in [0.15, 0.2) is 24.3 Å². The predicted molar refractivity (Wildman–Crippen MR) is 80.2 cm³/mol. The van der Waals surface area contributed by atoms with Gasteiger partial charge in [0.15, 0.2) is 0 Å². The van der Waals surface area contributed by atoms with Crippen LogP contribution in [0, 0.1) is 5.92 Å². The van der Waals surface area contributed by atoms with Crippen molar-refractivity contribution < 1.29 is 5.11 Å². The molecule has 0 saturated heterocycles. The molecule has 0 amide bonds. The molecule has 19 heavy (non-hydrogen) atoms. The number of rotatable bonds is 5. The molecular formula is C17H27NO. The van der Waals surface area contributed by atoms with E-state index in [9.17, 15) is 5.11 Å². The Morgan fingerprint density at radius 3 is 2.63 bits per heavy atom. The van der Waals surface area contributed by atoms with Crippen LogP contribution in [0.5, 0.6) is 0 Å². The lowest BCUT2D eigenvalue weighted by atomic mass is 9.87. The summed E-state index contributed by atoms with van der Waals surface area (Å²) in [7, 11) is 0. The van der Waals surface area contributed by atoms with Gasteiger partial charge in [0.25, 0.3) is 0 Å². The van der Waals surface area contributed by atoms with Crippen molar-refractivity contribution in [3.63, 3.8) is 0 Å². The Labute approximate surface area is 117 Å². The van der Waals surface area contributed by atoms with E-state index in [1.54, 1.807) is 0 Å². The molecule has 0 bridgehead atoms. The Balaban J connectivity index is 1.81. The van der Waals surface area contributed by atoms with E-state index in [4.69, 9.17) is 0 Å². The molecule has 1 aliphatic rings. The number of hydrogen-bond acceptors (Lipinski definition) is 2. The minimum absolute atomic E-state index is 0.0697. The second-order valence-corrected chi connectivity index (χ2v) is 5.91. The maximum absolute atomic E-state index is 9.69. The summed E-state index contributed by atoms with van der Waals surface area (Å²) >= 11 is 0. The Kier molecular flexibility index (Phi) is 5.41. The second-order valence-electron chi connectivity index (χ2n) is 5.91. The van der Waals surface area contributed by atoms with Gasteiger partial charge >= 0.3 is 0 Å². The minimum Gasteiger partial charge on any atom is -0.393 e. The summed E-state index contributed by atoms with van der Waals surface area (Å²) in [5, 5.41) is 13.3. The first-order valence-electron chi connectivity index (χ1n) is 7.69. The van der Waals surface area contributed by atoms with Crippen molar-refractivity contribution in [1.82, 2.24) is 5.32 Å². The molecule has 0 heterocycles. The van der Waals surface area contributed by atoms with Gasteiger partial charge in [0.2, 0.25) is 0 Å². The maximum atomic E-state index is 9.69. The summed E-state index contributed by atoms with van der Waals surface area (Å²) in [5.74, 6) is 0.640.